The Morgan fingerprint density at radius 3 is 2.89 bits per heavy atom. The van der Waals surface area contributed by atoms with Crippen molar-refractivity contribution in [2.75, 3.05) is 12.4 Å². The average molecular weight is 234 g/mol. The standard InChI is InChI=1S/C6H7IN2/c1-8-5-3-2-4-9-6(5)7/h2-4,8H,1H3. The van der Waals surface area contributed by atoms with E-state index in [1.807, 2.05) is 19.2 Å². The highest BCUT2D eigenvalue weighted by molar-refractivity contribution is 14.1. The molecule has 0 aliphatic rings. The summed E-state index contributed by atoms with van der Waals surface area (Å²) in [5.41, 5.74) is 1.08. The van der Waals surface area contributed by atoms with E-state index in [0.717, 1.165) is 9.39 Å². The van der Waals surface area contributed by atoms with Crippen LogP contribution in [0, 0.1) is 3.70 Å². The minimum absolute atomic E-state index is 1.01. The Morgan fingerprint density at radius 1 is 1.67 bits per heavy atom. The molecule has 9 heavy (non-hydrogen) atoms. The fourth-order valence-electron chi connectivity index (χ4n) is 0.573. The monoisotopic (exact) mass is 234 g/mol. The smallest absolute Gasteiger partial charge is 0.124 e. The zero-order valence-corrected chi connectivity index (χ0v) is 7.21. The van der Waals surface area contributed by atoms with Crippen LogP contribution in [0.25, 0.3) is 0 Å². The maximum absolute atomic E-state index is 4.07. The predicted octanol–water partition coefficient (Wildman–Crippen LogP) is 1.73. The number of rotatable bonds is 1. The molecule has 0 radical (unpaired) electrons. The first kappa shape index (κ1) is 6.80. The molecule has 0 aliphatic heterocycles. The first-order chi connectivity index (χ1) is 4.34. The molecule has 0 fully saturated rings. The van der Waals surface area contributed by atoms with Gasteiger partial charge >= 0.3 is 0 Å². The minimum atomic E-state index is 1.01. The van der Waals surface area contributed by atoms with E-state index in [1.54, 1.807) is 6.20 Å². The van der Waals surface area contributed by atoms with E-state index in [9.17, 15) is 0 Å². The minimum Gasteiger partial charge on any atom is -0.386 e. The van der Waals surface area contributed by atoms with Crippen LogP contribution in [0.15, 0.2) is 18.3 Å². The van der Waals surface area contributed by atoms with Crippen LogP contribution < -0.4 is 5.32 Å². The average Bonchev–Trinajstić information content (AvgIpc) is 1.89. The highest BCUT2D eigenvalue weighted by Crippen LogP contribution is 2.12. The largest absolute Gasteiger partial charge is 0.386 e. The Kier molecular flexibility index (Phi) is 2.27. The number of nitrogens with zero attached hydrogens (tertiary/aromatic N) is 1. The van der Waals surface area contributed by atoms with Crippen LogP contribution in [0.4, 0.5) is 5.69 Å². The summed E-state index contributed by atoms with van der Waals surface area (Å²) in [5, 5.41) is 3.03. The summed E-state index contributed by atoms with van der Waals surface area (Å²) in [7, 11) is 1.89. The normalized spacial score (nSPS) is 9.11. The Morgan fingerprint density at radius 2 is 2.44 bits per heavy atom. The molecule has 3 heteroatoms. The SMILES string of the molecule is CNc1cccnc1I. The number of pyridine rings is 1. The summed E-state index contributed by atoms with van der Waals surface area (Å²) in [5.74, 6) is 0. The van der Waals surface area contributed by atoms with E-state index in [2.05, 4.69) is 32.9 Å². The quantitative estimate of drug-likeness (QED) is 0.591. The molecule has 0 atom stereocenters. The molecule has 0 saturated heterocycles. The maximum Gasteiger partial charge on any atom is 0.124 e. The lowest BCUT2D eigenvalue weighted by molar-refractivity contribution is 1.26. The summed E-state index contributed by atoms with van der Waals surface area (Å²) >= 11 is 2.19. The van der Waals surface area contributed by atoms with Gasteiger partial charge in [0.1, 0.15) is 3.70 Å². The van der Waals surface area contributed by atoms with Gasteiger partial charge in [-0.25, -0.2) is 4.98 Å². The summed E-state index contributed by atoms with van der Waals surface area (Å²) < 4.78 is 1.01. The van der Waals surface area contributed by atoms with Crippen molar-refractivity contribution >= 4 is 28.3 Å². The Hall–Kier alpha value is -0.320. The van der Waals surface area contributed by atoms with Crippen LogP contribution >= 0.6 is 22.6 Å². The van der Waals surface area contributed by atoms with Crippen LogP contribution in [0.1, 0.15) is 0 Å². The lowest BCUT2D eigenvalue weighted by Gasteiger charge is -1.98. The van der Waals surface area contributed by atoms with Crippen molar-refractivity contribution in [3.8, 4) is 0 Å². The van der Waals surface area contributed by atoms with Crippen molar-refractivity contribution in [2.45, 2.75) is 0 Å². The second-order valence-electron chi connectivity index (χ2n) is 1.59. The predicted molar refractivity (Wildman–Crippen MR) is 46.5 cm³/mol. The van der Waals surface area contributed by atoms with E-state index in [1.165, 1.54) is 0 Å². The van der Waals surface area contributed by atoms with Gasteiger partial charge in [-0.3, -0.25) is 0 Å². The molecule has 2 nitrogen and oxygen atoms in total. The van der Waals surface area contributed by atoms with Gasteiger partial charge < -0.3 is 5.32 Å². The highest BCUT2D eigenvalue weighted by Gasteiger charge is 1.92. The van der Waals surface area contributed by atoms with Gasteiger partial charge in [-0.05, 0) is 34.7 Å². The molecular weight excluding hydrogens is 227 g/mol. The molecule has 0 aromatic carbocycles. The molecule has 0 spiro atoms. The fourth-order valence-corrected chi connectivity index (χ4v) is 1.18. The first-order valence-electron chi connectivity index (χ1n) is 2.63. The first-order valence-corrected chi connectivity index (χ1v) is 3.70. The van der Waals surface area contributed by atoms with Crippen molar-refractivity contribution < 1.29 is 0 Å². The van der Waals surface area contributed by atoms with Crippen molar-refractivity contribution in [3.63, 3.8) is 0 Å². The van der Waals surface area contributed by atoms with Crippen LogP contribution in [0.3, 0.4) is 0 Å². The van der Waals surface area contributed by atoms with Crippen LogP contribution in [-0.4, -0.2) is 12.0 Å². The van der Waals surface area contributed by atoms with Gasteiger partial charge in [0.15, 0.2) is 0 Å². The van der Waals surface area contributed by atoms with Gasteiger partial charge in [-0.1, -0.05) is 0 Å². The van der Waals surface area contributed by atoms with Gasteiger partial charge in [-0.15, -0.1) is 0 Å². The second-order valence-corrected chi connectivity index (χ2v) is 2.61. The van der Waals surface area contributed by atoms with Crippen LogP contribution in [-0.2, 0) is 0 Å². The van der Waals surface area contributed by atoms with E-state index >= 15 is 0 Å². The van der Waals surface area contributed by atoms with E-state index in [0.29, 0.717) is 0 Å². The second kappa shape index (κ2) is 3.00. The molecule has 1 rings (SSSR count). The topological polar surface area (TPSA) is 24.9 Å². The Bertz CT molecular complexity index is 200. The van der Waals surface area contributed by atoms with Gasteiger partial charge in [0.25, 0.3) is 0 Å². The summed E-state index contributed by atoms with van der Waals surface area (Å²) in [6.45, 7) is 0. The van der Waals surface area contributed by atoms with Crippen LogP contribution in [0.2, 0.25) is 0 Å². The summed E-state index contributed by atoms with van der Waals surface area (Å²) in [4.78, 5) is 4.07. The number of hydrogen-bond donors (Lipinski definition) is 1. The fraction of sp³-hybridized carbons (Fsp3) is 0.167. The molecule has 1 N–H and O–H groups in total. The number of nitrogens with one attached hydrogen (secondary N) is 1. The van der Waals surface area contributed by atoms with Crippen molar-refractivity contribution in [1.82, 2.24) is 4.98 Å². The van der Waals surface area contributed by atoms with Crippen molar-refractivity contribution in [2.24, 2.45) is 0 Å². The van der Waals surface area contributed by atoms with Gasteiger partial charge in [0.2, 0.25) is 0 Å². The summed E-state index contributed by atoms with van der Waals surface area (Å²) in [6, 6.07) is 3.91. The number of halogens is 1. The molecule has 0 unspecified atom stereocenters. The molecular formula is C6H7IN2. The molecule has 1 aromatic rings. The zero-order valence-electron chi connectivity index (χ0n) is 5.06. The van der Waals surface area contributed by atoms with Crippen LogP contribution in [0.5, 0.6) is 0 Å². The lowest BCUT2D eigenvalue weighted by atomic mass is 10.4. The summed E-state index contributed by atoms with van der Waals surface area (Å²) in [6.07, 6.45) is 1.78. The molecule has 0 saturated carbocycles. The lowest BCUT2D eigenvalue weighted by Crippen LogP contribution is -1.91. The number of hydrogen-bond acceptors (Lipinski definition) is 2. The van der Waals surface area contributed by atoms with E-state index in [4.69, 9.17) is 0 Å². The van der Waals surface area contributed by atoms with Gasteiger partial charge in [0, 0.05) is 13.2 Å². The molecule has 48 valence electrons. The third-order valence-corrected chi connectivity index (χ3v) is 1.89. The highest BCUT2D eigenvalue weighted by atomic mass is 127. The zero-order chi connectivity index (χ0) is 6.69. The Balaban J connectivity index is 3.01. The third-order valence-electron chi connectivity index (χ3n) is 1.03. The molecule has 0 aliphatic carbocycles. The number of anilines is 1. The molecule has 0 amide bonds. The van der Waals surface area contributed by atoms with Gasteiger partial charge in [0.05, 0.1) is 5.69 Å². The maximum atomic E-state index is 4.07. The Labute approximate surface area is 67.8 Å². The molecule has 0 bridgehead atoms. The van der Waals surface area contributed by atoms with Crippen molar-refractivity contribution in [3.05, 3.63) is 22.0 Å². The molecule has 1 heterocycles. The number of aromatic nitrogens is 1. The van der Waals surface area contributed by atoms with Crippen molar-refractivity contribution in [1.29, 1.82) is 0 Å². The third kappa shape index (κ3) is 1.54. The van der Waals surface area contributed by atoms with Gasteiger partial charge in [-0.2, -0.15) is 0 Å². The van der Waals surface area contributed by atoms with E-state index < -0.39 is 0 Å². The molecule has 1 aromatic heterocycles. The van der Waals surface area contributed by atoms with E-state index in [-0.39, 0.29) is 0 Å².